The van der Waals surface area contributed by atoms with E-state index < -0.39 is 0 Å². The van der Waals surface area contributed by atoms with Crippen molar-refractivity contribution in [2.24, 2.45) is 5.10 Å². The molecule has 4 rings (SSSR count). The molecule has 3 aromatic carbocycles. The van der Waals surface area contributed by atoms with Gasteiger partial charge in [0.15, 0.2) is 11.5 Å². The third-order valence-corrected chi connectivity index (χ3v) is 5.69. The van der Waals surface area contributed by atoms with Crippen LogP contribution in [0.4, 0.5) is 4.39 Å². The van der Waals surface area contributed by atoms with Gasteiger partial charge in [0, 0.05) is 4.47 Å². The third kappa shape index (κ3) is 5.29. The first-order chi connectivity index (χ1) is 16.4. The lowest BCUT2D eigenvalue weighted by molar-refractivity contribution is 0.269. The predicted octanol–water partition coefficient (Wildman–Crippen LogP) is 6.12. The molecule has 0 aliphatic carbocycles. The topological polar surface area (TPSA) is 65.7 Å². The highest BCUT2D eigenvalue weighted by Crippen LogP contribution is 2.37. The van der Waals surface area contributed by atoms with Crippen LogP contribution in [0.3, 0.4) is 0 Å². The Morgan fingerprint density at radius 3 is 2.65 bits per heavy atom. The van der Waals surface area contributed by atoms with Gasteiger partial charge in [-0.05, 0) is 67.4 Å². The van der Waals surface area contributed by atoms with Gasteiger partial charge in [-0.3, -0.25) is 4.79 Å². The molecule has 0 unspecified atom stereocenters. The Bertz CT molecular complexity index is 1440. The van der Waals surface area contributed by atoms with Crippen LogP contribution in [0.1, 0.15) is 23.9 Å². The molecule has 0 aliphatic heterocycles. The lowest BCUT2D eigenvalue weighted by Crippen LogP contribution is -2.20. The molecule has 0 saturated heterocycles. The number of fused-ring (bicyclic) bond motifs is 1. The van der Waals surface area contributed by atoms with E-state index in [0.29, 0.717) is 45.4 Å². The van der Waals surface area contributed by atoms with Gasteiger partial charge in [0.1, 0.15) is 18.2 Å². The second-order valence-electron chi connectivity index (χ2n) is 7.36. The number of aromatic nitrogens is 2. The van der Waals surface area contributed by atoms with Crippen molar-refractivity contribution in [1.29, 1.82) is 0 Å². The Morgan fingerprint density at radius 2 is 1.91 bits per heavy atom. The van der Waals surface area contributed by atoms with Gasteiger partial charge in [0.25, 0.3) is 5.56 Å². The van der Waals surface area contributed by atoms with E-state index in [1.54, 1.807) is 43.3 Å². The minimum atomic E-state index is -0.316. The maximum Gasteiger partial charge on any atom is 0.282 e. The van der Waals surface area contributed by atoms with Crippen LogP contribution in [-0.2, 0) is 6.61 Å². The Morgan fingerprint density at radius 1 is 1.15 bits per heavy atom. The van der Waals surface area contributed by atoms with Crippen molar-refractivity contribution in [2.45, 2.75) is 20.5 Å². The van der Waals surface area contributed by atoms with Gasteiger partial charge in [0.05, 0.1) is 28.7 Å². The Hall–Kier alpha value is -3.23. The zero-order chi connectivity index (χ0) is 24.2. The van der Waals surface area contributed by atoms with E-state index in [1.165, 1.54) is 23.0 Å². The molecule has 1 aromatic heterocycles. The largest absolute Gasteiger partial charge is 0.490 e. The molecular formula is C25H20BrClFN3O3. The lowest BCUT2D eigenvalue weighted by Gasteiger charge is -2.14. The van der Waals surface area contributed by atoms with Crippen LogP contribution in [0, 0.1) is 12.7 Å². The molecule has 174 valence electrons. The highest BCUT2D eigenvalue weighted by Gasteiger charge is 2.13. The average Bonchev–Trinajstić information content (AvgIpc) is 2.80. The number of halogens is 3. The lowest BCUT2D eigenvalue weighted by atomic mass is 10.2. The predicted molar refractivity (Wildman–Crippen MR) is 135 cm³/mol. The molecule has 1 heterocycles. The fourth-order valence-electron chi connectivity index (χ4n) is 3.32. The normalized spacial score (nSPS) is 11.3. The molecule has 0 atom stereocenters. The Balaban J connectivity index is 1.65. The fraction of sp³-hybridized carbons (Fsp3) is 0.160. The molecule has 0 spiro atoms. The maximum atomic E-state index is 13.1. The van der Waals surface area contributed by atoms with E-state index in [2.05, 4.69) is 26.0 Å². The summed E-state index contributed by atoms with van der Waals surface area (Å²) in [5.41, 5.74) is 1.72. The number of rotatable bonds is 7. The molecule has 0 saturated carbocycles. The minimum Gasteiger partial charge on any atom is -0.490 e. The van der Waals surface area contributed by atoms with Crippen LogP contribution in [0.5, 0.6) is 11.5 Å². The molecule has 0 bridgehead atoms. The zero-order valence-electron chi connectivity index (χ0n) is 18.4. The van der Waals surface area contributed by atoms with Crippen molar-refractivity contribution >= 4 is 44.6 Å². The summed E-state index contributed by atoms with van der Waals surface area (Å²) in [4.78, 5) is 17.4. The van der Waals surface area contributed by atoms with Crippen LogP contribution in [0.15, 0.2) is 69.0 Å². The van der Waals surface area contributed by atoms with E-state index in [0.717, 1.165) is 10.0 Å². The first-order valence-electron chi connectivity index (χ1n) is 10.4. The molecule has 0 aliphatic rings. The highest BCUT2D eigenvalue weighted by atomic mass is 79.9. The third-order valence-electron chi connectivity index (χ3n) is 4.92. The number of benzene rings is 3. The molecule has 0 fully saturated rings. The summed E-state index contributed by atoms with van der Waals surface area (Å²) in [6.45, 7) is 4.15. The summed E-state index contributed by atoms with van der Waals surface area (Å²) in [7, 11) is 0. The van der Waals surface area contributed by atoms with Gasteiger partial charge in [-0.1, -0.05) is 39.7 Å². The fourth-order valence-corrected chi connectivity index (χ4v) is 3.96. The number of hydrogen-bond donors (Lipinski definition) is 0. The van der Waals surface area contributed by atoms with E-state index in [9.17, 15) is 9.18 Å². The van der Waals surface area contributed by atoms with E-state index in [-0.39, 0.29) is 18.0 Å². The molecule has 4 aromatic rings. The first-order valence-corrected chi connectivity index (χ1v) is 11.6. The molecule has 0 radical (unpaired) electrons. The molecule has 0 N–H and O–H groups in total. The monoisotopic (exact) mass is 543 g/mol. The molecule has 0 amide bonds. The van der Waals surface area contributed by atoms with Crippen molar-refractivity contribution in [3.05, 3.63) is 97.2 Å². The zero-order valence-corrected chi connectivity index (χ0v) is 20.7. The van der Waals surface area contributed by atoms with Gasteiger partial charge in [-0.2, -0.15) is 9.78 Å². The molecule has 34 heavy (non-hydrogen) atoms. The van der Waals surface area contributed by atoms with Crippen LogP contribution in [0.2, 0.25) is 5.02 Å². The number of ether oxygens (including phenoxy) is 2. The van der Waals surface area contributed by atoms with Crippen molar-refractivity contribution in [3.63, 3.8) is 0 Å². The summed E-state index contributed by atoms with van der Waals surface area (Å²) < 4.78 is 26.7. The second kappa shape index (κ2) is 10.4. The van der Waals surface area contributed by atoms with Gasteiger partial charge in [-0.15, -0.1) is 0 Å². The smallest absolute Gasteiger partial charge is 0.282 e. The summed E-state index contributed by atoms with van der Waals surface area (Å²) in [6, 6.07) is 14.7. The van der Waals surface area contributed by atoms with Crippen molar-refractivity contribution in [3.8, 4) is 11.5 Å². The summed E-state index contributed by atoms with van der Waals surface area (Å²) in [5.74, 6) is 0.939. The van der Waals surface area contributed by atoms with E-state index in [1.807, 2.05) is 13.0 Å². The van der Waals surface area contributed by atoms with Crippen LogP contribution in [0.25, 0.3) is 10.9 Å². The maximum absolute atomic E-state index is 13.1. The highest BCUT2D eigenvalue weighted by molar-refractivity contribution is 9.10. The van der Waals surface area contributed by atoms with Gasteiger partial charge in [-0.25, -0.2) is 9.37 Å². The molecule has 6 nitrogen and oxygen atoms in total. The number of nitrogens with zero attached hydrogens (tertiary/aromatic N) is 3. The summed E-state index contributed by atoms with van der Waals surface area (Å²) >= 11 is 9.87. The number of hydrogen-bond acceptors (Lipinski definition) is 5. The van der Waals surface area contributed by atoms with Crippen LogP contribution >= 0.6 is 27.5 Å². The summed E-state index contributed by atoms with van der Waals surface area (Å²) in [6.07, 6.45) is 1.51. The van der Waals surface area contributed by atoms with Crippen molar-refractivity contribution < 1.29 is 13.9 Å². The minimum absolute atomic E-state index is 0.195. The molecular weight excluding hydrogens is 525 g/mol. The van der Waals surface area contributed by atoms with Gasteiger partial charge < -0.3 is 9.47 Å². The second-order valence-corrected chi connectivity index (χ2v) is 8.68. The van der Waals surface area contributed by atoms with Crippen molar-refractivity contribution in [2.75, 3.05) is 6.61 Å². The SMILES string of the molecule is CCOc1cc(C=Nn2c(C)nc3ccc(Br)cc3c2=O)cc(Cl)c1OCc1ccc(F)cc1. The van der Waals surface area contributed by atoms with Crippen LogP contribution in [-0.4, -0.2) is 22.5 Å². The van der Waals surface area contributed by atoms with Crippen LogP contribution < -0.4 is 15.0 Å². The van der Waals surface area contributed by atoms with Gasteiger partial charge >= 0.3 is 0 Å². The van der Waals surface area contributed by atoms with Crippen molar-refractivity contribution in [1.82, 2.24) is 9.66 Å². The first kappa shape index (κ1) is 23.9. The molecule has 9 heteroatoms. The number of aryl methyl sites for hydroxylation is 1. The Kier molecular flexibility index (Phi) is 7.29. The standard InChI is InChI=1S/C25H20BrClFN3O3/c1-3-33-23-11-17(10-21(27)24(23)34-14-16-4-7-19(28)8-5-16)13-29-31-15(2)30-22-9-6-18(26)12-20(22)25(31)32/h4-13H,3,14H2,1-2H3. The van der Waals surface area contributed by atoms with E-state index >= 15 is 0 Å². The Labute approximate surface area is 208 Å². The summed E-state index contributed by atoms with van der Waals surface area (Å²) in [5, 5.41) is 5.11. The van der Waals surface area contributed by atoms with Gasteiger partial charge in [0.2, 0.25) is 0 Å². The quantitative estimate of drug-likeness (QED) is 0.263. The van der Waals surface area contributed by atoms with E-state index in [4.69, 9.17) is 21.1 Å². The average molecular weight is 545 g/mol.